The number of aryl methyl sites for hydroxylation is 2. The maximum Gasteiger partial charge on any atom is 0.223 e. The predicted molar refractivity (Wildman–Crippen MR) is 104 cm³/mol. The van der Waals surface area contributed by atoms with Gasteiger partial charge in [0.25, 0.3) is 0 Å². The van der Waals surface area contributed by atoms with Gasteiger partial charge in [0.1, 0.15) is 0 Å². The van der Waals surface area contributed by atoms with E-state index in [0.717, 1.165) is 27.9 Å². The van der Waals surface area contributed by atoms with Crippen LogP contribution in [0.1, 0.15) is 49.6 Å². The van der Waals surface area contributed by atoms with E-state index in [-0.39, 0.29) is 18.0 Å². The number of nitrogens with zero attached hydrogens (tertiary/aromatic N) is 4. The summed E-state index contributed by atoms with van der Waals surface area (Å²) in [6, 6.07) is 0.213. The summed E-state index contributed by atoms with van der Waals surface area (Å²) in [6.07, 6.45) is 3.03. The Morgan fingerprint density at radius 2 is 2.15 bits per heavy atom. The van der Waals surface area contributed by atoms with Crippen LogP contribution in [0.4, 0.5) is 0 Å². The lowest BCUT2D eigenvalue weighted by Crippen LogP contribution is -2.38. The average Bonchev–Trinajstić information content (AvgIpc) is 3.18. The van der Waals surface area contributed by atoms with Crippen molar-refractivity contribution in [1.82, 2.24) is 19.7 Å². The molecule has 0 radical (unpaired) electrons. The number of likely N-dealkylation sites (tertiary alicyclic amines) is 1. The minimum atomic E-state index is -0.461. The van der Waals surface area contributed by atoms with Gasteiger partial charge in [0.2, 0.25) is 5.91 Å². The summed E-state index contributed by atoms with van der Waals surface area (Å²) in [5.74, 6) is 0.0605. The molecule has 2 aromatic rings. The lowest BCUT2D eigenvalue weighted by Gasteiger charge is -2.24. The Hall–Kier alpha value is -1.99. The molecule has 1 N–H and O–H groups in total. The van der Waals surface area contributed by atoms with Crippen molar-refractivity contribution in [1.29, 1.82) is 0 Å². The van der Waals surface area contributed by atoms with Gasteiger partial charge < -0.3 is 14.7 Å². The van der Waals surface area contributed by atoms with E-state index in [2.05, 4.69) is 25.9 Å². The Morgan fingerprint density at radius 1 is 1.41 bits per heavy atom. The summed E-state index contributed by atoms with van der Waals surface area (Å²) in [7, 11) is 1.62. The van der Waals surface area contributed by atoms with Crippen molar-refractivity contribution in [2.24, 2.45) is 0 Å². The van der Waals surface area contributed by atoms with Gasteiger partial charge in [0.15, 0.2) is 5.65 Å². The molecular formula is C20H30N4O3. The first-order valence-electron chi connectivity index (χ1n) is 9.63. The highest BCUT2D eigenvalue weighted by molar-refractivity contribution is 5.81. The van der Waals surface area contributed by atoms with E-state index in [9.17, 15) is 9.90 Å². The summed E-state index contributed by atoms with van der Waals surface area (Å²) >= 11 is 0. The first-order valence-corrected chi connectivity index (χ1v) is 9.63. The molecule has 0 aromatic carbocycles. The number of β-amino-alcohol motifs (C(OH)–C–C–N with tert-alkyl or cyclic N) is 1. The van der Waals surface area contributed by atoms with Gasteiger partial charge >= 0.3 is 0 Å². The molecule has 27 heavy (non-hydrogen) atoms. The number of aliphatic hydroxyl groups is 1. The van der Waals surface area contributed by atoms with Gasteiger partial charge in [-0.2, -0.15) is 5.10 Å². The Bertz CT molecular complexity index is 830. The van der Waals surface area contributed by atoms with E-state index in [1.165, 1.54) is 0 Å². The van der Waals surface area contributed by atoms with Crippen molar-refractivity contribution in [2.75, 3.05) is 20.3 Å². The molecule has 0 bridgehead atoms. The predicted octanol–water partition coefficient (Wildman–Crippen LogP) is 2.17. The molecule has 2 atom stereocenters. The van der Waals surface area contributed by atoms with Crippen LogP contribution in [0.25, 0.3) is 11.0 Å². The van der Waals surface area contributed by atoms with Crippen LogP contribution < -0.4 is 0 Å². The summed E-state index contributed by atoms with van der Waals surface area (Å²) in [4.78, 5) is 19.3. The quantitative estimate of drug-likeness (QED) is 0.838. The summed E-state index contributed by atoms with van der Waals surface area (Å²) in [6.45, 7) is 9.11. The van der Waals surface area contributed by atoms with Crippen molar-refractivity contribution in [3.05, 3.63) is 23.0 Å². The monoisotopic (exact) mass is 374 g/mol. The van der Waals surface area contributed by atoms with Crippen LogP contribution in [0.15, 0.2) is 6.20 Å². The van der Waals surface area contributed by atoms with Crippen LogP contribution in [0.5, 0.6) is 0 Å². The van der Waals surface area contributed by atoms with Crippen molar-refractivity contribution >= 4 is 16.9 Å². The standard InChI is InChI=1S/C20H30N4O3/c1-12(2)24-20-18(9-21-24)13(3)17(14(4)22-20)6-7-19(26)23-10-16(25)8-15(23)11-27-5/h9,12,15-16,25H,6-8,10-11H2,1-5H3/t15-,16-/m1/s1. The van der Waals surface area contributed by atoms with E-state index >= 15 is 0 Å². The number of fused-ring (bicyclic) bond motifs is 1. The zero-order chi connectivity index (χ0) is 19.7. The Labute approximate surface area is 160 Å². The second-order valence-corrected chi connectivity index (χ2v) is 7.77. The van der Waals surface area contributed by atoms with Crippen LogP contribution in [0.2, 0.25) is 0 Å². The highest BCUT2D eigenvalue weighted by Gasteiger charge is 2.33. The maximum absolute atomic E-state index is 12.8. The molecule has 1 aliphatic heterocycles. The highest BCUT2D eigenvalue weighted by Crippen LogP contribution is 2.26. The van der Waals surface area contributed by atoms with Gasteiger partial charge in [-0.1, -0.05) is 0 Å². The number of rotatable bonds is 6. The Balaban J connectivity index is 1.78. The third-order valence-electron chi connectivity index (χ3n) is 5.49. The normalized spacial score (nSPS) is 20.2. The van der Waals surface area contributed by atoms with E-state index < -0.39 is 6.10 Å². The third kappa shape index (κ3) is 3.84. The zero-order valence-electron chi connectivity index (χ0n) is 16.9. The fraction of sp³-hybridized carbons (Fsp3) is 0.650. The number of methoxy groups -OCH3 is 1. The van der Waals surface area contributed by atoms with E-state index in [0.29, 0.717) is 32.4 Å². The van der Waals surface area contributed by atoms with Crippen LogP contribution in [0.3, 0.4) is 0 Å². The van der Waals surface area contributed by atoms with E-state index in [1.807, 2.05) is 17.8 Å². The third-order valence-corrected chi connectivity index (χ3v) is 5.49. The molecule has 1 saturated heterocycles. The highest BCUT2D eigenvalue weighted by atomic mass is 16.5. The van der Waals surface area contributed by atoms with Gasteiger partial charge in [0.05, 0.1) is 24.9 Å². The van der Waals surface area contributed by atoms with Gasteiger partial charge in [-0.25, -0.2) is 9.67 Å². The minimum absolute atomic E-state index is 0.0374. The number of hydrogen-bond acceptors (Lipinski definition) is 5. The Morgan fingerprint density at radius 3 is 2.81 bits per heavy atom. The topological polar surface area (TPSA) is 80.5 Å². The number of carbonyl (C=O) groups excluding carboxylic acids is 1. The van der Waals surface area contributed by atoms with Gasteiger partial charge in [-0.15, -0.1) is 0 Å². The molecule has 0 saturated carbocycles. The Kier molecular flexibility index (Phi) is 5.81. The molecule has 7 heteroatoms. The van der Waals surface area contributed by atoms with Crippen molar-refractivity contribution in [3.8, 4) is 0 Å². The molecule has 2 aromatic heterocycles. The smallest absolute Gasteiger partial charge is 0.223 e. The van der Waals surface area contributed by atoms with Gasteiger partial charge in [-0.3, -0.25) is 4.79 Å². The van der Waals surface area contributed by atoms with Crippen LogP contribution in [-0.4, -0.2) is 63.1 Å². The number of aliphatic hydroxyl groups excluding tert-OH is 1. The maximum atomic E-state index is 12.8. The lowest BCUT2D eigenvalue weighted by atomic mass is 10.00. The minimum Gasteiger partial charge on any atom is -0.391 e. The number of pyridine rings is 1. The molecule has 1 amide bonds. The molecule has 148 valence electrons. The summed E-state index contributed by atoms with van der Waals surface area (Å²) in [5.41, 5.74) is 4.11. The first kappa shape index (κ1) is 19.8. The van der Waals surface area contributed by atoms with E-state index in [1.54, 1.807) is 12.0 Å². The number of amides is 1. The van der Waals surface area contributed by atoms with Crippen LogP contribution in [0, 0.1) is 13.8 Å². The van der Waals surface area contributed by atoms with Gasteiger partial charge in [0, 0.05) is 37.2 Å². The molecule has 0 aliphatic carbocycles. The SMILES string of the molecule is COC[C@H]1C[C@@H](O)CN1C(=O)CCc1c(C)nc2c(cnn2C(C)C)c1C. The number of hydrogen-bond donors (Lipinski definition) is 1. The number of ether oxygens (including phenoxy) is 1. The van der Waals surface area contributed by atoms with E-state index in [4.69, 9.17) is 9.72 Å². The van der Waals surface area contributed by atoms with Crippen LogP contribution >= 0.6 is 0 Å². The molecule has 1 fully saturated rings. The molecule has 0 unspecified atom stereocenters. The lowest BCUT2D eigenvalue weighted by molar-refractivity contribution is -0.133. The molecular weight excluding hydrogens is 344 g/mol. The molecule has 0 spiro atoms. The fourth-order valence-corrected chi connectivity index (χ4v) is 4.06. The largest absolute Gasteiger partial charge is 0.391 e. The second-order valence-electron chi connectivity index (χ2n) is 7.77. The zero-order valence-corrected chi connectivity index (χ0v) is 16.9. The van der Waals surface area contributed by atoms with Crippen LogP contribution in [-0.2, 0) is 16.0 Å². The van der Waals surface area contributed by atoms with Crippen molar-refractivity contribution in [2.45, 2.75) is 65.1 Å². The fourth-order valence-electron chi connectivity index (χ4n) is 4.06. The summed E-state index contributed by atoms with van der Waals surface area (Å²) < 4.78 is 7.14. The summed E-state index contributed by atoms with van der Waals surface area (Å²) in [5, 5.41) is 15.4. The molecule has 1 aliphatic rings. The average molecular weight is 374 g/mol. The van der Waals surface area contributed by atoms with Crippen molar-refractivity contribution < 1.29 is 14.6 Å². The molecule has 3 heterocycles. The number of carbonyl (C=O) groups is 1. The molecule has 3 rings (SSSR count). The first-order chi connectivity index (χ1) is 12.8. The van der Waals surface area contributed by atoms with Gasteiger partial charge in [-0.05, 0) is 51.7 Å². The van der Waals surface area contributed by atoms with Crippen molar-refractivity contribution in [3.63, 3.8) is 0 Å². The second kappa shape index (κ2) is 7.94. The number of aromatic nitrogens is 3. The molecule has 7 nitrogen and oxygen atoms in total.